The Labute approximate surface area is 144 Å². The largest absolute Gasteiger partial charge is 0.467 e. The third-order valence-corrected chi connectivity index (χ3v) is 3.24. The molecule has 9 nitrogen and oxygen atoms in total. The van der Waals surface area contributed by atoms with Gasteiger partial charge in [-0.25, -0.2) is 9.59 Å². The molecule has 0 aliphatic carbocycles. The van der Waals surface area contributed by atoms with Crippen LogP contribution in [0.1, 0.15) is 12.5 Å². The normalized spacial score (nSPS) is 13.9. The molecule has 0 saturated carbocycles. The average Bonchev–Trinajstić information content (AvgIpc) is 2.62. The zero-order valence-electron chi connectivity index (χ0n) is 14.0. The van der Waals surface area contributed by atoms with E-state index in [1.54, 1.807) is 24.3 Å². The summed E-state index contributed by atoms with van der Waals surface area (Å²) in [5.41, 5.74) is 0.752. The lowest BCUT2D eigenvalue weighted by Gasteiger charge is -2.22. The van der Waals surface area contributed by atoms with Crippen molar-refractivity contribution in [3.63, 3.8) is 0 Å². The number of rotatable bonds is 8. The Morgan fingerprint density at radius 3 is 2.32 bits per heavy atom. The SMILES string of the molecule is COC(=O)[C@H](CO)NC(=O)[C@@H](NC(=O)OCc1ccccc1)[C@@H](C)O. The van der Waals surface area contributed by atoms with Crippen LogP contribution in [0.2, 0.25) is 0 Å². The highest BCUT2D eigenvalue weighted by Crippen LogP contribution is 2.02. The summed E-state index contributed by atoms with van der Waals surface area (Å²) in [6, 6.07) is 6.22. The Morgan fingerprint density at radius 1 is 1.16 bits per heavy atom. The summed E-state index contributed by atoms with van der Waals surface area (Å²) in [5.74, 6) is -1.72. The molecule has 138 valence electrons. The summed E-state index contributed by atoms with van der Waals surface area (Å²) in [6.45, 7) is 0.583. The number of carbonyl (C=O) groups excluding carboxylic acids is 3. The number of aliphatic hydroxyl groups excluding tert-OH is 2. The van der Waals surface area contributed by atoms with Crippen molar-refractivity contribution in [2.75, 3.05) is 13.7 Å². The number of benzene rings is 1. The maximum atomic E-state index is 12.1. The van der Waals surface area contributed by atoms with Crippen molar-refractivity contribution >= 4 is 18.0 Å². The van der Waals surface area contributed by atoms with Gasteiger partial charge in [0.1, 0.15) is 12.6 Å². The molecule has 0 radical (unpaired) electrons. The Kier molecular flexibility index (Phi) is 8.37. The van der Waals surface area contributed by atoms with Gasteiger partial charge in [-0.3, -0.25) is 4.79 Å². The zero-order chi connectivity index (χ0) is 18.8. The van der Waals surface area contributed by atoms with E-state index in [2.05, 4.69) is 15.4 Å². The number of nitrogens with one attached hydrogen (secondary N) is 2. The van der Waals surface area contributed by atoms with Gasteiger partial charge in [-0.1, -0.05) is 30.3 Å². The Balaban J connectivity index is 2.61. The van der Waals surface area contributed by atoms with Crippen LogP contribution < -0.4 is 10.6 Å². The quantitative estimate of drug-likeness (QED) is 0.454. The minimum absolute atomic E-state index is 0.0117. The van der Waals surface area contributed by atoms with Crippen LogP contribution in [0.5, 0.6) is 0 Å². The molecule has 0 fully saturated rings. The summed E-state index contributed by atoms with van der Waals surface area (Å²) < 4.78 is 9.40. The first-order valence-electron chi connectivity index (χ1n) is 7.53. The van der Waals surface area contributed by atoms with E-state index >= 15 is 0 Å². The lowest BCUT2D eigenvalue weighted by molar-refractivity contribution is -0.146. The fourth-order valence-electron chi connectivity index (χ4n) is 1.88. The van der Waals surface area contributed by atoms with Gasteiger partial charge in [0.05, 0.1) is 19.8 Å². The molecule has 0 spiro atoms. The van der Waals surface area contributed by atoms with E-state index in [9.17, 15) is 19.5 Å². The van der Waals surface area contributed by atoms with E-state index in [4.69, 9.17) is 9.84 Å². The molecule has 4 N–H and O–H groups in total. The molecule has 0 aliphatic rings. The van der Waals surface area contributed by atoms with Crippen LogP contribution in [-0.2, 0) is 25.7 Å². The monoisotopic (exact) mass is 354 g/mol. The highest BCUT2D eigenvalue weighted by molar-refractivity contribution is 5.90. The molecule has 2 amide bonds. The van der Waals surface area contributed by atoms with Crippen LogP contribution in [0, 0.1) is 0 Å². The van der Waals surface area contributed by atoms with E-state index in [1.165, 1.54) is 6.92 Å². The van der Waals surface area contributed by atoms with Gasteiger partial charge in [0.2, 0.25) is 5.91 Å². The van der Waals surface area contributed by atoms with E-state index < -0.39 is 42.8 Å². The number of carbonyl (C=O) groups is 3. The fourth-order valence-corrected chi connectivity index (χ4v) is 1.88. The minimum Gasteiger partial charge on any atom is -0.467 e. The lowest BCUT2D eigenvalue weighted by Crippen LogP contribution is -2.56. The lowest BCUT2D eigenvalue weighted by atomic mass is 10.1. The van der Waals surface area contributed by atoms with E-state index in [1.807, 2.05) is 6.07 Å². The van der Waals surface area contributed by atoms with Crippen molar-refractivity contribution in [3.8, 4) is 0 Å². The van der Waals surface area contributed by atoms with Gasteiger partial charge < -0.3 is 30.3 Å². The molecule has 0 unspecified atom stereocenters. The first kappa shape index (κ1) is 20.4. The predicted molar refractivity (Wildman–Crippen MR) is 86.3 cm³/mol. The van der Waals surface area contributed by atoms with Crippen molar-refractivity contribution in [2.24, 2.45) is 0 Å². The van der Waals surface area contributed by atoms with E-state index in [-0.39, 0.29) is 6.61 Å². The van der Waals surface area contributed by atoms with Gasteiger partial charge in [0, 0.05) is 0 Å². The molecule has 0 heterocycles. The molecule has 25 heavy (non-hydrogen) atoms. The van der Waals surface area contributed by atoms with Gasteiger partial charge >= 0.3 is 12.1 Å². The molecular weight excluding hydrogens is 332 g/mol. The first-order valence-corrected chi connectivity index (χ1v) is 7.53. The van der Waals surface area contributed by atoms with E-state index in [0.717, 1.165) is 12.7 Å². The highest BCUT2D eigenvalue weighted by Gasteiger charge is 2.30. The van der Waals surface area contributed by atoms with Crippen LogP contribution in [0.3, 0.4) is 0 Å². The second-order valence-electron chi connectivity index (χ2n) is 5.19. The number of hydrogen-bond donors (Lipinski definition) is 4. The number of esters is 1. The van der Waals surface area contributed by atoms with Crippen LogP contribution in [0.4, 0.5) is 4.79 Å². The van der Waals surface area contributed by atoms with Crippen LogP contribution in [0.25, 0.3) is 0 Å². The van der Waals surface area contributed by atoms with Crippen molar-refractivity contribution in [3.05, 3.63) is 35.9 Å². The fraction of sp³-hybridized carbons (Fsp3) is 0.438. The van der Waals surface area contributed by atoms with Crippen LogP contribution in [-0.4, -0.2) is 60.1 Å². The first-order chi connectivity index (χ1) is 11.9. The number of hydrogen-bond acceptors (Lipinski definition) is 7. The van der Waals surface area contributed by atoms with Gasteiger partial charge in [-0.15, -0.1) is 0 Å². The second kappa shape index (κ2) is 10.3. The van der Waals surface area contributed by atoms with Gasteiger partial charge in [-0.2, -0.15) is 0 Å². The summed E-state index contributed by atoms with van der Waals surface area (Å²) in [5, 5.41) is 23.2. The third-order valence-electron chi connectivity index (χ3n) is 3.24. The molecule has 0 saturated heterocycles. The Morgan fingerprint density at radius 2 is 1.80 bits per heavy atom. The Hall–Kier alpha value is -2.65. The van der Waals surface area contributed by atoms with Gasteiger partial charge in [0.15, 0.2) is 6.04 Å². The number of aliphatic hydroxyl groups is 2. The maximum absolute atomic E-state index is 12.1. The molecule has 0 aliphatic heterocycles. The molecule has 3 atom stereocenters. The van der Waals surface area contributed by atoms with Crippen LogP contribution >= 0.6 is 0 Å². The van der Waals surface area contributed by atoms with Crippen LogP contribution in [0.15, 0.2) is 30.3 Å². The number of amides is 2. The van der Waals surface area contributed by atoms with E-state index in [0.29, 0.717) is 0 Å². The predicted octanol–water partition coefficient (Wildman–Crippen LogP) is -0.688. The van der Waals surface area contributed by atoms with Gasteiger partial charge in [0.25, 0.3) is 0 Å². The molecular formula is C16H22N2O7. The number of ether oxygens (including phenoxy) is 2. The minimum atomic E-state index is -1.37. The molecule has 0 bridgehead atoms. The molecule has 1 aromatic rings. The molecule has 0 aromatic heterocycles. The Bertz CT molecular complexity index is 577. The number of methoxy groups -OCH3 is 1. The topological polar surface area (TPSA) is 134 Å². The van der Waals surface area contributed by atoms with Crippen molar-refractivity contribution in [2.45, 2.75) is 31.7 Å². The molecule has 1 rings (SSSR count). The van der Waals surface area contributed by atoms with Crippen molar-refractivity contribution in [1.29, 1.82) is 0 Å². The summed E-state index contributed by atoms with van der Waals surface area (Å²) in [4.78, 5) is 35.3. The molecule has 9 heteroatoms. The van der Waals surface area contributed by atoms with Gasteiger partial charge in [-0.05, 0) is 12.5 Å². The third kappa shape index (κ3) is 6.77. The summed E-state index contributed by atoms with van der Waals surface area (Å²) in [6.07, 6.45) is -2.18. The highest BCUT2D eigenvalue weighted by atomic mass is 16.5. The second-order valence-corrected chi connectivity index (χ2v) is 5.19. The maximum Gasteiger partial charge on any atom is 0.408 e. The molecule has 1 aromatic carbocycles. The zero-order valence-corrected chi connectivity index (χ0v) is 14.0. The van der Waals surface area contributed by atoms with Crippen molar-refractivity contribution < 1.29 is 34.1 Å². The smallest absolute Gasteiger partial charge is 0.408 e. The summed E-state index contributed by atoms with van der Waals surface area (Å²) >= 11 is 0. The standard InChI is InChI=1S/C16H22N2O7/c1-10(20)13(14(21)17-12(8-19)15(22)24-2)18-16(23)25-9-11-6-4-3-5-7-11/h3-7,10,12-13,19-20H,8-9H2,1-2H3,(H,17,21)(H,18,23)/t10-,12+,13+/m1/s1. The average molecular weight is 354 g/mol. The van der Waals surface area contributed by atoms with Crippen molar-refractivity contribution in [1.82, 2.24) is 10.6 Å². The summed E-state index contributed by atoms with van der Waals surface area (Å²) in [7, 11) is 1.10. The number of alkyl carbamates (subject to hydrolysis) is 1.